The number of quaternary nitrogens is 2. The molecule has 0 heterocycles. The maximum Gasteiger partial charge on any atom is 0.279 e. The monoisotopic (exact) mass is 343 g/mol. The standard InChI is InChI=1S/C20H27N3O2/c1-3-23(4-2)15-14-21-16-20(24)22-17-10-12-19(13-11-17)25-18-8-6-5-7-9-18/h5-13,21H,3-4,14-16H2,1-2H3,(H,22,24)/p+2. The number of para-hydroxylation sites is 1. The van der Waals surface area contributed by atoms with Crippen molar-refractivity contribution in [2.24, 2.45) is 0 Å². The molecule has 5 nitrogen and oxygen atoms in total. The van der Waals surface area contributed by atoms with E-state index in [1.807, 2.05) is 54.6 Å². The van der Waals surface area contributed by atoms with Crippen molar-refractivity contribution >= 4 is 11.6 Å². The van der Waals surface area contributed by atoms with E-state index in [0.29, 0.717) is 6.54 Å². The molecule has 25 heavy (non-hydrogen) atoms. The summed E-state index contributed by atoms with van der Waals surface area (Å²) >= 11 is 0. The average molecular weight is 343 g/mol. The number of nitrogens with two attached hydrogens (primary N) is 1. The smallest absolute Gasteiger partial charge is 0.279 e. The molecule has 0 fully saturated rings. The average Bonchev–Trinajstić information content (AvgIpc) is 2.64. The van der Waals surface area contributed by atoms with Gasteiger partial charge in [0.2, 0.25) is 0 Å². The van der Waals surface area contributed by atoms with Crippen molar-refractivity contribution in [3.8, 4) is 11.5 Å². The zero-order valence-electron chi connectivity index (χ0n) is 15.1. The van der Waals surface area contributed by atoms with E-state index in [1.165, 1.54) is 0 Å². The summed E-state index contributed by atoms with van der Waals surface area (Å²) in [5, 5.41) is 4.98. The molecule has 2 aromatic carbocycles. The Labute approximate surface area is 150 Å². The molecule has 0 aliphatic rings. The summed E-state index contributed by atoms with van der Waals surface area (Å²) in [4.78, 5) is 13.6. The topological polar surface area (TPSA) is 59.4 Å². The first-order valence-electron chi connectivity index (χ1n) is 8.99. The lowest BCUT2D eigenvalue weighted by Crippen LogP contribution is -3.14. The van der Waals surface area contributed by atoms with Crippen LogP contribution in [0.15, 0.2) is 54.6 Å². The molecule has 0 aliphatic heterocycles. The number of hydrogen-bond donors (Lipinski definition) is 3. The lowest BCUT2D eigenvalue weighted by atomic mass is 10.3. The molecule has 0 aliphatic carbocycles. The molecule has 0 aromatic heterocycles. The van der Waals surface area contributed by atoms with Gasteiger partial charge in [-0.15, -0.1) is 0 Å². The van der Waals surface area contributed by atoms with Crippen LogP contribution in [-0.2, 0) is 4.79 Å². The Morgan fingerprint density at radius 3 is 2.28 bits per heavy atom. The molecular formula is C20H29N3O2+2. The number of benzene rings is 2. The number of carbonyl (C=O) groups excluding carboxylic acids is 1. The summed E-state index contributed by atoms with van der Waals surface area (Å²) in [6, 6.07) is 17.1. The van der Waals surface area contributed by atoms with E-state index in [9.17, 15) is 4.79 Å². The molecule has 0 saturated heterocycles. The van der Waals surface area contributed by atoms with Crippen LogP contribution in [0.2, 0.25) is 0 Å². The maximum atomic E-state index is 12.0. The SMILES string of the molecule is CC[NH+](CC)CC[NH2+]CC(=O)Nc1ccc(Oc2ccccc2)cc1. The molecular weight excluding hydrogens is 314 g/mol. The summed E-state index contributed by atoms with van der Waals surface area (Å²) in [5.41, 5.74) is 0.785. The number of likely N-dealkylation sites (N-methyl/N-ethyl adjacent to an activating group) is 1. The third-order valence-corrected chi connectivity index (χ3v) is 4.15. The van der Waals surface area contributed by atoms with E-state index in [1.54, 1.807) is 4.90 Å². The van der Waals surface area contributed by atoms with Crippen LogP contribution in [0.5, 0.6) is 11.5 Å². The number of hydrogen-bond acceptors (Lipinski definition) is 2. The minimum Gasteiger partial charge on any atom is -0.457 e. The molecule has 2 aromatic rings. The fourth-order valence-corrected chi connectivity index (χ4v) is 2.59. The summed E-state index contributed by atoms with van der Waals surface area (Å²) in [6.45, 7) is 9.15. The number of amides is 1. The van der Waals surface area contributed by atoms with Gasteiger partial charge in [-0.3, -0.25) is 4.79 Å². The fourth-order valence-electron chi connectivity index (χ4n) is 2.59. The van der Waals surface area contributed by atoms with Crippen LogP contribution in [0.3, 0.4) is 0 Å². The Bertz CT molecular complexity index is 625. The Morgan fingerprint density at radius 1 is 1.00 bits per heavy atom. The quantitative estimate of drug-likeness (QED) is 0.562. The second-order valence-electron chi connectivity index (χ2n) is 5.98. The first-order chi connectivity index (χ1) is 12.2. The number of nitrogens with one attached hydrogen (secondary N) is 2. The Balaban J connectivity index is 1.72. The van der Waals surface area contributed by atoms with E-state index in [-0.39, 0.29) is 5.91 Å². The van der Waals surface area contributed by atoms with Crippen molar-refractivity contribution in [2.45, 2.75) is 13.8 Å². The zero-order chi connectivity index (χ0) is 17.9. The number of ether oxygens (including phenoxy) is 1. The van der Waals surface area contributed by atoms with Gasteiger partial charge in [-0.2, -0.15) is 0 Å². The van der Waals surface area contributed by atoms with Crippen molar-refractivity contribution in [3.05, 3.63) is 54.6 Å². The number of anilines is 1. The van der Waals surface area contributed by atoms with Crippen molar-refractivity contribution < 1.29 is 19.7 Å². The molecule has 5 heteroatoms. The van der Waals surface area contributed by atoms with E-state index < -0.39 is 0 Å². The highest BCUT2D eigenvalue weighted by Crippen LogP contribution is 2.22. The molecule has 0 spiro atoms. The molecule has 134 valence electrons. The first-order valence-corrected chi connectivity index (χ1v) is 8.99. The highest BCUT2D eigenvalue weighted by atomic mass is 16.5. The predicted molar refractivity (Wildman–Crippen MR) is 100 cm³/mol. The molecule has 0 unspecified atom stereocenters. The van der Waals surface area contributed by atoms with Gasteiger partial charge >= 0.3 is 0 Å². The molecule has 0 bridgehead atoms. The van der Waals surface area contributed by atoms with Gasteiger partial charge in [0.1, 0.15) is 24.6 Å². The fraction of sp³-hybridized carbons (Fsp3) is 0.350. The third kappa shape index (κ3) is 6.95. The van der Waals surface area contributed by atoms with Crippen molar-refractivity contribution in [3.63, 3.8) is 0 Å². The Kier molecular flexibility index (Phi) is 7.95. The summed E-state index contributed by atoms with van der Waals surface area (Å²) in [6.07, 6.45) is 0. The zero-order valence-corrected chi connectivity index (χ0v) is 15.1. The van der Waals surface area contributed by atoms with Gasteiger partial charge in [0.05, 0.1) is 13.1 Å². The van der Waals surface area contributed by atoms with Crippen molar-refractivity contribution in [1.82, 2.24) is 0 Å². The van der Waals surface area contributed by atoms with Crippen LogP contribution in [-0.4, -0.2) is 38.6 Å². The van der Waals surface area contributed by atoms with E-state index in [4.69, 9.17) is 4.74 Å². The Hall–Kier alpha value is -2.37. The predicted octanol–water partition coefficient (Wildman–Crippen LogP) is 0.906. The largest absolute Gasteiger partial charge is 0.457 e. The maximum absolute atomic E-state index is 12.0. The summed E-state index contributed by atoms with van der Waals surface area (Å²) in [5.74, 6) is 1.56. The lowest BCUT2D eigenvalue weighted by Gasteiger charge is -2.13. The van der Waals surface area contributed by atoms with E-state index in [2.05, 4.69) is 24.5 Å². The van der Waals surface area contributed by atoms with E-state index >= 15 is 0 Å². The Morgan fingerprint density at radius 2 is 1.64 bits per heavy atom. The van der Waals surface area contributed by atoms with Gasteiger partial charge in [-0.05, 0) is 50.2 Å². The van der Waals surface area contributed by atoms with Gasteiger partial charge in [0, 0.05) is 5.69 Å². The molecule has 0 saturated carbocycles. The minimum atomic E-state index is 0.0197. The molecule has 0 radical (unpaired) electrons. The van der Waals surface area contributed by atoms with E-state index in [0.717, 1.165) is 43.4 Å². The highest BCUT2D eigenvalue weighted by molar-refractivity contribution is 5.91. The van der Waals surface area contributed by atoms with Crippen LogP contribution in [0.4, 0.5) is 5.69 Å². The molecule has 0 atom stereocenters. The lowest BCUT2D eigenvalue weighted by molar-refractivity contribution is -0.908. The molecule has 1 amide bonds. The van der Waals surface area contributed by atoms with Crippen LogP contribution in [0.25, 0.3) is 0 Å². The second-order valence-corrected chi connectivity index (χ2v) is 5.98. The van der Waals surface area contributed by atoms with Gasteiger partial charge in [0.25, 0.3) is 5.91 Å². The minimum absolute atomic E-state index is 0.0197. The van der Waals surface area contributed by atoms with Gasteiger partial charge < -0.3 is 20.3 Å². The van der Waals surface area contributed by atoms with Crippen LogP contribution >= 0.6 is 0 Å². The van der Waals surface area contributed by atoms with Gasteiger partial charge in [-0.1, -0.05) is 18.2 Å². The normalized spacial score (nSPS) is 10.7. The first kappa shape index (κ1) is 19.0. The van der Waals surface area contributed by atoms with Gasteiger partial charge in [0.15, 0.2) is 6.54 Å². The van der Waals surface area contributed by atoms with Crippen LogP contribution in [0, 0.1) is 0 Å². The van der Waals surface area contributed by atoms with Gasteiger partial charge in [-0.25, -0.2) is 0 Å². The van der Waals surface area contributed by atoms with Crippen LogP contribution < -0.4 is 20.3 Å². The summed E-state index contributed by atoms with van der Waals surface area (Å²) < 4.78 is 5.74. The van der Waals surface area contributed by atoms with Crippen LogP contribution in [0.1, 0.15) is 13.8 Å². The molecule has 2 rings (SSSR count). The summed E-state index contributed by atoms with van der Waals surface area (Å²) in [7, 11) is 0. The number of carbonyl (C=O) groups is 1. The van der Waals surface area contributed by atoms with Crippen molar-refractivity contribution in [2.75, 3.05) is 38.0 Å². The van der Waals surface area contributed by atoms with Crippen molar-refractivity contribution in [1.29, 1.82) is 0 Å². The molecule has 4 N–H and O–H groups in total. The third-order valence-electron chi connectivity index (χ3n) is 4.15. The second kappa shape index (κ2) is 10.5. The number of rotatable bonds is 10. The highest BCUT2D eigenvalue weighted by Gasteiger charge is 2.07.